The number of nitrogens with zero attached hydrogens (tertiary/aromatic N) is 1. The van der Waals surface area contributed by atoms with Crippen LogP contribution in [-0.4, -0.2) is 34.2 Å². The summed E-state index contributed by atoms with van der Waals surface area (Å²) in [6.45, 7) is 2.07. The number of benzene rings is 1. The van der Waals surface area contributed by atoms with E-state index < -0.39 is 24.1 Å². The van der Waals surface area contributed by atoms with Crippen LogP contribution >= 0.6 is 11.6 Å². The molecule has 124 valence electrons. The maximum Gasteiger partial charge on any atom is 0.339 e. The van der Waals surface area contributed by atoms with Crippen LogP contribution in [0.15, 0.2) is 41.7 Å². The molecule has 0 bridgehead atoms. The molecule has 0 radical (unpaired) electrons. The third-order valence-corrected chi connectivity index (χ3v) is 3.45. The molecule has 0 unspecified atom stereocenters. The van der Waals surface area contributed by atoms with Crippen LogP contribution in [0.3, 0.4) is 0 Å². The number of esters is 1. The normalized spacial score (nSPS) is 11.8. The number of aliphatic hydroxyl groups excluding tert-OH is 1. The van der Waals surface area contributed by atoms with Crippen molar-refractivity contribution in [1.29, 1.82) is 5.41 Å². The fourth-order valence-corrected chi connectivity index (χ4v) is 2.48. The quantitative estimate of drug-likeness (QED) is 0.284. The standard InChI is InChI=1S/C17H15ClN2O4/c1-9(19)16(10(2)21)14(22)8-24-17(23)12-7-15(18)20-13-6-4-3-5-11(12)13/h3-7,19,22H,8H2,1-2H3/b16-14-,19-9?. The maximum atomic E-state index is 12.3. The van der Waals surface area contributed by atoms with Crippen molar-refractivity contribution in [2.45, 2.75) is 13.8 Å². The number of pyridine rings is 1. The van der Waals surface area contributed by atoms with Gasteiger partial charge in [-0.15, -0.1) is 0 Å². The van der Waals surface area contributed by atoms with Gasteiger partial charge in [-0.25, -0.2) is 9.78 Å². The second-order valence-corrected chi connectivity index (χ2v) is 5.48. The van der Waals surface area contributed by atoms with Crippen LogP contribution in [0.25, 0.3) is 10.9 Å². The lowest BCUT2D eigenvalue weighted by Gasteiger charge is -2.10. The van der Waals surface area contributed by atoms with Crippen molar-refractivity contribution in [2.24, 2.45) is 0 Å². The molecule has 0 amide bonds. The van der Waals surface area contributed by atoms with Gasteiger partial charge in [0.25, 0.3) is 0 Å². The van der Waals surface area contributed by atoms with Crippen molar-refractivity contribution in [3.8, 4) is 0 Å². The van der Waals surface area contributed by atoms with E-state index in [1.807, 2.05) is 0 Å². The van der Waals surface area contributed by atoms with Crippen molar-refractivity contribution < 1.29 is 19.4 Å². The summed E-state index contributed by atoms with van der Waals surface area (Å²) in [7, 11) is 0. The van der Waals surface area contributed by atoms with E-state index in [9.17, 15) is 14.7 Å². The summed E-state index contributed by atoms with van der Waals surface area (Å²) in [5.74, 6) is -1.66. The van der Waals surface area contributed by atoms with Gasteiger partial charge in [0, 0.05) is 11.1 Å². The van der Waals surface area contributed by atoms with Crippen LogP contribution in [0.2, 0.25) is 5.15 Å². The molecule has 7 heteroatoms. The van der Waals surface area contributed by atoms with Crippen molar-refractivity contribution in [2.75, 3.05) is 6.61 Å². The number of para-hydroxylation sites is 1. The van der Waals surface area contributed by atoms with Crippen molar-refractivity contribution in [3.63, 3.8) is 0 Å². The summed E-state index contributed by atoms with van der Waals surface area (Å²) in [4.78, 5) is 27.8. The Kier molecular flexibility index (Phi) is 5.31. The average Bonchev–Trinajstić information content (AvgIpc) is 2.51. The highest BCUT2D eigenvalue weighted by molar-refractivity contribution is 6.30. The highest BCUT2D eigenvalue weighted by Gasteiger charge is 2.18. The predicted octanol–water partition coefficient (Wildman–Crippen LogP) is 3.49. The molecule has 1 aromatic carbocycles. The van der Waals surface area contributed by atoms with Crippen LogP contribution in [0.4, 0.5) is 0 Å². The molecule has 0 spiro atoms. The van der Waals surface area contributed by atoms with Gasteiger partial charge in [-0.1, -0.05) is 29.8 Å². The van der Waals surface area contributed by atoms with Gasteiger partial charge < -0.3 is 15.3 Å². The minimum absolute atomic E-state index is 0.103. The van der Waals surface area contributed by atoms with Crippen LogP contribution in [0.5, 0.6) is 0 Å². The first-order valence-corrected chi connectivity index (χ1v) is 7.40. The lowest BCUT2D eigenvalue weighted by Crippen LogP contribution is -2.15. The van der Waals surface area contributed by atoms with Crippen LogP contribution in [-0.2, 0) is 9.53 Å². The summed E-state index contributed by atoms with van der Waals surface area (Å²) < 4.78 is 5.05. The molecule has 6 nitrogen and oxygen atoms in total. The Morgan fingerprint density at radius 1 is 1.29 bits per heavy atom. The van der Waals surface area contributed by atoms with E-state index in [1.165, 1.54) is 19.9 Å². The Labute approximate surface area is 143 Å². The molecule has 2 aromatic rings. The van der Waals surface area contributed by atoms with Gasteiger partial charge in [0.15, 0.2) is 5.78 Å². The number of halogens is 1. The predicted molar refractivity (Wildman–Crippen MR) is 90.8 cm³/mol. The topological polar surface area (TPSA) is 100 Å². The van der Waals surface area contributed by atoms with Crippen LogP contribution in [0, 0.1) is 5.41 Å². The van der Waals surface area contributed by atoms with Gasteiger partial charge in [0.2, 0.25) is 0 Å². The van der Waals surface area contributed by atoms with E-state index in [-0.39, 0.29) is 22.0 Å². The molecule has 1 heterocycles. The number of ketones is 1. The van der Waals surface area contributed by atoms with Gasteiger partial charge in [0.1, 0.15) is 17.5 Å². The SMILES string of the molecule is CC(=N)/C(C(C)=O)=C(/O)COC(=O)c1cc(Cl)nc2ccccc12. The van der Waals surface area contributed by atoms with E-state index in [1.54, 1.807) is 24.3 Å². The third kappa shape index (κ3) is 3.78. The molecule has 1 aromatic heterocycles. The molecule has 0 aliphatic heterocycles. The number of hydrogen-bond donors (Lipinski definition) is 2. The molecule has 0 saturated carbocycles. The molecule has 0 fully saturated rings. The number of allylic oxidation sites excluding steroid dienone is 1. The van der Waals surface area contributed by atoms with Gasteiger partial charge in [0.05, 0.1) is 16.7 Å². The van der Waals surface area contributed by atoms with Crippen molar-refractivity contribution >= 4 is 40.0 Å². The lowest BCUT2D eigenvalue weighted by molar-refractivity contribution is -0.113. The number of hydrogen-bond acceptors (Lipinski definition) is 6. The largest absolute Gasteiger partial charge is 0.508 e. The minimum Gasteiger partial charge on any atom is -0.508 e. The molecule has 0 saturated heterocycles. The van der Waals surface area contributed by atoms with E-state index in [4.69, 9.17) is 21.7 Å². The Balaban J connectivity index is 2.30. The zero-order chi connectivity index (χ0) is 17.9. The highest BCUT2D eigenvalue weighted by Crippen LogP contribution is 2.21. The first kappa shape index (κ1) is 17.6. The number of aliphatic hydroxyl groups is 1. The lowest BCUT2D eigenvalue weighted by atomic mass is 10.1. The molecular weight excluding hydrogens is 332 g/mol. The minimum atomic E-state index is -0.715. The highest BCUT2D eigenvalue weighted by atomic mass is 35.5. The number of carbonyl (C=O) groups is 2. The summed E-state index contributed by atoms with van der Waals surface area (Å²) in [6.07, 6.45) is 0. The average molecular weight is 347 g/mol. The van der Waals surface area contributed by atoms with E-state index >= 15 is 0 Å². The Hall–Kier alpha value is -2.73. The number of aromatic nitrogens is 1. The number of rotatable bonds is 5. The molecular formula is C17H15ClN2O4. The van der Waals surface area contributed by atoms with Crippen molar-refractivity contribution in [1.82, 2.24) is 4.98 Å². The van der Waals surface area contributed by atoms with Gasteiger partial charge in [-0.2, -0.15) is 0 Å². The zero-order valence-corrected chi connectivity index (χ0v) is 13.8. The number of nitrogens with one attached hydrogen (secondary N) is 1. The third-order valence-electron chi connectivity index (χ3n) is 3.26. The summed E-state index contributed by atoms with van der Waals surface area (Å²) >= 11 is 5.91. The van der Waals surface area contributed by atoms with E-state index in [0.29, 0.717) is 10.9 Å². The molecule has 0 aliphatic carbocycles. The number of ether oxygens (including phenoxy) is 1. The number of Topliss-reactive ketones (excluding diaryl/α,β-unsaturated/α-hetero) is 1. The monoisotopic (exact) mass is 346 g/mol. The zero-order valence-electron chi connectivity index (χ0n) is 13.1. The second-order valence-electron chi connectivity index (χ2n) is 5.09. The van der Waals surface area contributed by atoms with E-state index in [0.717, 1.165) is 0 Å². The number of carbonyl (C=O) groups excluding carboxylic acids is 2. The fourth-order valence-electron chi connectivity index (χ4n) is 2.28. The maximum absolute atomic E-state index is 12.3. The molecule has 24 heavy (non-hydrogen) atoms. The molecule has 0 aliphatic rings. The molecule has 2 N–H and O–H groups in total. The molecule has 2 rings (SSSR count). The summed E-state index contributed by atoms with van der Waals surface area (Å²) in [5, 5.41) is 18.1. The first-order valence-electron chi connectivity index (χ1n) is 7.02. The smallest absolute Gasteiger partial charge is 0.339 e. The second kappa shape index (κ2) is 7.23. The Morgan fingerprint density at radius 3 is 2.58 bits per heavy atom. The fraction of sp³-hybridized carbons (Fsp3) is 0.176. The Bertz CT molecular complexity index is 858. The van der Waals surface area contributed by atoms with Gasteiger partial charge >= 0.3 is 5.97 Å². The van der Waals surface area contributed by atoms with Crippen molar-refractivity contribution in [3.05, 3.63) is 52.4 Å². The van der Waals surface area contributed by atoms with Crippen LogP contribution < -0.4 is 0 Å². The molecule has 0 atom stereocenters. The van der Waals surface area contributed by atoms with E-state index in [2.05, 4.69) is 4.98 Å². The van der Waals surface area contributed by atoms with Crippen LogP contribution in [0.1, 0.15) is 24.2 Å². The number of fused-ring (bicyclic) bond motifs is 1. The first-order chi connectivity index (χ1) is 11.3. The van der Waals surface area contributed by atoms with Gasteiger partial charge in [-0.3, -0.25) is 4.79 Å². The summed E-state index contributed by atoms with van der Waals surface area (Å²) in [5.41, 5.74) is 0.472. The summed E-state index contributed by atoms with van der Waals surface area (Å²) in [6, 6.07) is 8.30. The van der Waals surface area contributed by atoms with Gasteiger partial charge in [-0.05, 0) is 26.0 Å². The Morgan fingerprint density at radius 2 is 1.96 bits per heavy atom.